The summed E-state index contributed by atoms with van der Waals surface area (Å²) in [6.45, 7) is 1.22. The van der Waals surface area contributed by atoms with Gasteiger partial charge in [0.15, 0.2) is 5.25 Å². The summed E-state index contributed by atoms with van der Waals surface area (Å²) in [7, 11) is 0. The lowest BCUT2D eigenvalue weighted by molar-refractivity contribution is -0.135. The van der Waals surface area contributed by atoms with Gasteiger partial charge in [0.2, 0.25) is 11.8 Å². The third-order valence-corrected chi connectivity index (χ3v) is 6.52. The average molecular weight is 425 g/mol. The van der Waals surface area contributed by atoms with Gasteiger partial charge in [-0.05, 0) is 37.1 Å². The lowest BCUT2D eigenvalue weighted by Gasteiger charge is -2.34. The van der Waals surface area contributed by atoms with Crippen molar-refractivity contribution in [3.05, 3.63) is 48.8 Å². The summed E-state index contributed by atoms with van der Waals surface area (Å²) in [5, 5.41) is 1.90. The predicted molar refractivity (Wildman–Crippen MR) is 116 cm³/mol. The van der Waals surface area contributed by atoms with Gasteiger partial charge in [0.25, 0.3) is 5.91 Å². The van der Waals surface area contributed by atoms with Crippen molar-refractivity contribution in [1.82, 2.24) is 9.88 Å². The Morgan fingerprint density at radius 1 is 1.07 bits per heavy atom. The van der Waals surface area contributed by atoms with Crippen molar-refractivity contribution in [2.24, 2.45) is 0 Å². The number of fused-ring (bicyclic) bond motifs is 1. The van der Waals surface area contributed by atoms with E-state index in [1.807, 2.05) is 29.2 Å². The van der Waals surface area contributed by atoms with Crippen molar-refractivity contribution in [2.45, 2.75) is 35.8 Å². The summed E-state index contributed by atoms with van der Waals surface area (Å²) in [5.74, 6) is -0.827. The molecule has 3 heterocycles. The van der Waals surface area contributed by atoms with Crippen LogP contribution < -0.4 is 10.2 Å². The van der Waals surface area contributed by atoms with Crippen LogP contribution in [0, 0.1) is 0 Å². The highest BCUT2D eigenvalue weighted by Gasteiger charge is 2.40. The third-order valence-electron chi connectivity index (χ3n) is 5.28. The molecule has 2 aliphatic heterocycles. The maximum atomic E-state index is 13.3. The molecule has 2 aromatic rings. The number of pyridine rings is 1. The first-order valence-corrected chi connectivity index (χ1v) is 11.1. The lowest BCUT2D eigenvalue weighted by atomic mass is 10.2. The lowest BCUT2D eigenvalue weighted by Crippen LogP contribution is -2.51. The van der Waals surface area contributed by atoms with Crippen molar-refractivity contribution in [3.8, 4) is 0 Å². The Kier molecular flexibility index (Phi) is 6.32. The predicted octanol–water partition coefficient (Wildman–Crippen LogP) is 2.93. The first kappa shape index (κ1) is 20.4. The first-order chi connectivity index (χ1) is 14.6. The molecule has 4 rings (SSSR count). The van der Waals surface area contributed by atoms with E-state index in [9.17, 15) is 14.4 Å². The minimum atomic E-state index is -0.857. The maximum Gasteiger partial charge on any atom is 0.250 e. The van der Waals surface area contributed by atoms with Gasteiger partial charge in [-0.2, -0.15) is 0 Å². The van der Waals surface area contributed by atoms with Crippen LogP contribution in [0.4, 0.5) is 11.4 Å². The number of benzene rings is 1. The summed E-state index contributed by atoms with van der Waals surface area (Å²) in [5.41, 5.74) is 1.22. The van der Waals surface area contributed by atoms with Crippen LogP contribution in [0.3, 0.4) is 0 Å². The molecule has 8 heteroatoms. The van der Waals surface area contributed by atoms with Crippen molar-refractivity contribution < 1.29 is 14.4 Å². The zero-order valence-electron chi connectivity index (χ0n) is 16.6. The Bertz CT molecular complexity index is 929. The fourth-order valence-corrected chi connectivity index (χ4v) is 4.96. The SMILES string of the molecule is O=C(CN1C(=O)[C@H](C(=O)N2CCCCCC2)Sc2ccccc21)Nc1cccnc1. The molecule has 1 saturated heterocycles. The average Bonchev–Trinajstić information content (AvgIpc) is 3.05. The second kappa shape index (κ2) is 9.30. The quantitative estimate of drug-likeness (QED) is 0.763. The Morgan fingerprint density at radius 3 is 2.57 bits per heavy atom. The molecule has 1 N–H and O–H groups in total. The van der Waals surface area contributed by atoms with Gasteiger partial charge < -0.3 is 15.1 Å². The number of nitrogens with zero attached hydrogens (tertiary/aromatic N) is 3. The molecular weight excluding hydrogens is 400 g/mol. The largest absolute Gasteiger partial charge is 0.341 e. The normalized spacial score (nSPS) is 19.1. The van der Waals surface area contributed by atoms with Crippen LogP contribution in [0.2, 0.25) is 0 Å². The summed E-state index contributed by atoms with van der Waals surface area (Å²) in [6.07, 6.45) is 7.32. The molecule has 1 fully saturated rings. The number of likely N-dealkylation sites (tertiary alicyclic amines) is 1. The van der Waals surface area contributed by atoms with Gasteiger partial charge in [-0.1, -0.05) is 25.0 Å². The molecule has 0 aliphatic carbocycles. The summed E-state index contributed by atoms with van der Waals surface area (Å²) in [6, 6.07) is 10.9. The highest BCUT2D eigenvalue weighted by atomic mass is 32.2. The van der Waals surface area contributed by atoms with Gasteiger partial charge in [0.1, 0.15) is 6.54 Å². The van der Waals surface area contributed by atoms with Crippen LogP contribution >= 0.6 is 11.8 Å². The Balaban J connectivity index is 1.55. The van der Waals surface area contributed by atoms with Crippen LogP contribution in [0.1, 0.15) is 25.7 Å². The number of carbonyl (C=O) groups excluding carboxylic acids is 3. The molecule has 1 aromatic heterocycles. The van der Waals surface area contributed by atoms with E-state index in [0.717, 1.165) is 30.6 Å². The van der Waals surface area contributed by atoms with Crippen LogP contribution in [0.25, 0.3) is 0 Å². The van der Waals surface area contributed by atoms with E-state index >= 15 is 0 Å². The van der Waals surface area contributed by atoms with Gasteiger partial charge in [0, 0.05) is 24.2 Å². The monoisotopic (exact) mass is 424 g/mol. The van der Waals surface area contributed by atoms with E-state index in [0.29, 0.717) is 24.5 Å². The number of rotatable bonds is 4. The molecule has 7 nitrogen and oxygen atoms in total. The minimum Gasteiger partial charge on any atom is -0.341 e. The number of para-hydroxylation sites is 1. The van der Waals surface area contributed by atoms with E-state index in [-0.39, 0.29) is 24.3 Å². The van der Waals surface area contributed by atoms with Crippen LogP contribution in [-0.4, -0.2) is 52.5 Å². The van der Waals surface area contributed by atoms with Crippen molar-refractivity contribution in [3.63, 3.8) is 0 Å². The number of hydrogen-bond donors (Lipinski definition) is 1. The second-order valence-electron chi connectivity index (χ2n) is 7.42. The number of thioether (sulfide) groups is 1. The first-order valence-electron chi connectivity index (χ1n) is 10.2. The Morgan fingerprint density at radius 2 is 1.83 bits per heavy atom. The summed E-state index contributed by atoms with van der Waals surface area (Å²) >= 11 is 1.28. The fraction of sp³-hybridized carbons (Fsp3) is 0.364. The van der Waals surface area contributed by atoms with Crippen LogP contribution in [-0.2, 0) is 14.4 Å². The Labute approximate surface area is 179 Å². The molecule has 30 heavy (non-hydrogen) atoms. The topological polar surface area (TPSA) is 82.6 Å². The third kappa shape index (κ3) is 4.48. The van der Waals surface area contributed by atoms with E-state index in [4.69, 9.17) is 0 Å². The molecule has 1 aromatic carbocycles. The van der Waals surface area contributed by atoms with Gasteiger partial charge in [0.05, 0.1) is 17.6 Å². The molecule has 156 valence electrons. The number of nitrogens with one attached hydrogen (secondary N) is 1. The zero-order chi connectivity index (χ0) is 20.9. The van der Waals surface area contributed by atoms with Crippen molar-refractivity contribution in [1.29, 1.82) is 0 Å². The van der Waals surface area contributed by atoms with E-state index in [1.54, 1.807) is 24.5 Å². The van der Waals surface area contributed by atoms with Gasteiger partial charge >= 0.3 is 0 Å². The standard InChI is InChI=1S/C22H24N4O3S/c27-19(24-16-8-7-11-23-14-16)15-26-17-9-3-4-10-18(17)30-20(22(26)29)21(28)25-12-5-1-2-6-13-25/h3-4,7-11,14,20H,1-2,5-6,12-13,15H2,(H,24,27)/t20-/m0/s1. The molecular formula is C22H24N4O3S. The van der Waals surface area contributed by atoms with Gasteiger partial charge in [-0.25, -0.2) is 0 Å². The number of aromatic nitrogens is 1. The molecule has 0 unspecified atom stereocenters. The molecule has 0 saturated carbocycles. The minimum absolute atomic E-state index is 0.154. The molecule has 0 spiro atoms. The van der Waals surface area contributed by atoms with Crippen molar-refractivity contribution in [2.75, 3.05) is 29.9 Å². The molecule has 0 bridgehead atoms. The summed E-state index contributed by atoms with van der Waals surface area (Å²) < 4.78 is 0. The van der Waals surface area contributed by atoms with Crippen LogP contribution in [0.15, 0.2) is 53.7 Å². The maximum absolute atomic E-state index is 13.3. The van der Waals surface area contributed by atoms with Crippen molar-refractivity contribution >= 4 is 40.9 Å². The second-order valence-corrected chi connectivity index (χ2v) is 8.57. The van der Waals surface area contributed by atoms with Gasteiger partial charge in [-0.15, -0.1) is 11.8 Å². The molecule has 0 radical (unpaired) electrons. The van der Waals surface area contributed by atoms with Crippen LogP contribution in [0.5, 0.6) is 0 Å². The molecule has 3 amide bonds. The van der Waals surface area contributed by atoms with E-state index in [1.165, 1.54) is 16.7 Å². The van der Waals surface area contributed by atoms with E-state index < -0.39 is 5.25 Å². The Hall–Kier alpha value is -2.87. The van der Waals surface area contributed by atoms with E-state index in [2.05, 4.69) is 10.3 Å². The number of amides is 3. The number of carbonyl (C=O) groups is 3. The smallest absolute Gasteiger partial charge is 0.250 e. The number of hydrogen-bond acceptors (Lipinski definition) is 5. The summed E-state index contributed by atoms with van der Waals surface area (Å²) in [4.78, 5) is 47.2. The highest BCUT2D eigenvalue weighted by Crippen LogP contribution is 2.39. The highest BCUT2D eigenvalue weighted by molar-refractivity contribution is 8.01. The molecule has 2 aliphatic rings. The molecule has 1 atom stereocenters. The van der Waals surface area contributed by atoms with Gasteiger partial charge in [-0.3, -0.25) is 19.4 Å². The fourth-order valence-electron chi connectivity index (χ4n) is 3.77. The number of anilines is 2. The zero-order valence-corrected chi connectivity index (χ0v) is 17.4.